The molecule has 32 heavy (non-hydrogen) atoms. The molecule has 1 saturated heterocycles. The molecule has 0 aliphatic carbocycles. The molecule has 8 nitrogen and oxygen atoms in total. The van der Waals surface area contributed by atoms with E-state index in [0.717, 1.165) is 46.8 Å². The number of aromatic nitrogens is 4. The predicted molar refractivity (Wildman–Crippen MR) is 120 cm³/mol. The number of nitrogens with one attached hydrogen (secondary N) is 1. The average molecular weight is 436 g/mol. The zero-order valence-electron chi connectivity index (χ0n) is 19.2. The number of hydrogen-bond acceptors (Lipinski definition) is 7. The van der Waals surface area contributed by atoms with Gasteiger partial charge in [0, 0.05) is 23.4 Å². The van der Waals surface area contributed by atoms with Crippen molar-refractivity contribution in [3.63, 3.8) is 0 Å². The zero-order chi connectivity index (χ0) is 22.8. The fraction of sp³-hybridized carbons (Fsp3) is 0.458. The van der Waals surface area contributed by atoms with Crippen molar-refractivity contribution in [3.8, 4) is 28.7 Å². The smallest absolute Gasteiger partial charge is 0.258 e. The first-order valence-corrected chi connectivity index (χ1v) is 11.0. The molecule has 0 bridgehead atoms. The Bertz CT molecular complexity index is 1120. The van der Waals surface area contributed by atoms with E-state index in [9.17, 15) is 4.79 Å². The molecule has 1 aliphatic heterocycles. The molecule has 0 spiro atoms. The van der Waals surface area contributed by atoms with Gasteiger partial charge in [-0.1, -0.05) is 19.0 Å². The lowest BCUT2D eigenvalue weighted by molar-refractivity contribution is -0.119. The van der Waals surface area contributed by atoms with E-state index in [1.54, 1.807) is 0 Å². The summed E-state index contributed by atoms with van der Waals surface area (Å²) in [5.41, 5.74) is 5.10. The minimum Gasteiger partial charge on any atom is -0.489 e. The van der Waals surface area contributed by atoms with Crippen LogP contribution in [0.5, 0.6) is 5.75 Å². The van der Waals surface area contributed by atoms with Gasteiger partial charge in [0.15, 0.2) is 0 Å². The van der Waals surface area contributed by atoms with Crippen molar-refractivity contribution in [2.45, 2.75) is 59.9 Å². The molecule has 8 heteroatoms. The van der Waals surface area contributed by atoms with Gasteiger partial charge in [0.1, 0.15) is 18.1 Å². The minimum atomic E-state index is 0.0464. The van der Waals surface area contributed by atoms with Crippen LogP contribution >= 0.6 is 0 Å². The summed E-state index contributed by atoms with van der Waals surface area (Å²) in [5, 5.41) is 7.07. The Hall–Kier alpha value is -3.29. The van der Waals surface area contributed by atoms with Crippen molar-refractivity contribution >= 4 is 5.91 Å². The van der Waals surface area contributed by atoms with Gasteiger partial charge in [-0.25, -0.2) is 4.98 Å². The molecule has 1 N–H and O–H groups in total. The third-order valence-electron chi connectivity index (χ3n) is 5.37. The molecular formula is C24H29N5O3. The van der Waals surface area contributed by atoms with Crippen LogP contribution in [-0.4, -0.2) is 38.7 Å². The number of ether oxygens (including phenoxy) is 1. The zero-order valence-corrected chi connectivity index (χ0v) is 19.2. The van der Waals surface area contributed by atoms with E-state index < -0.39 is 0 Å². The first-order chi connectivity index (χ1) is 15.3. The standard InChI is InChI=1S/C24H29N5O3/c1-13(2)8-19-11-17(10-15(4)25-19)24-28-23(29-32-24)20-9-14(3)22(16(5)26-20)31-12-18-6-7-21(30)27-18/h9-11,13,18H,6-8,12H2,1-5H3,(H,27,30). The van der Waals surface area contributed by atoms with E-state index >= 15 is 0 Å². The molecule has 4 heterocycles. The summed E-state index contributed by atoms with van der Waals surface area (Å²) in [6.07, 6.45) is 2.24. The molecule has 1 fully saturated rings. The summed E-state index contributed by atoms with van der Waals surface area (Å²) in [7, 11) is 0. The second-order valence-electron chi connectivity index (χ2n) is 8.86. The molecule has 1 aliphatic rings. The van der Waals surface area contributed by atoms with Crippen LogP contribution < -0.4 is 10.1 Å². The summed E-state index contributed by atoms with van der Waals surface area (Å²) in [6.45, 7) is 10.6. The van der Waals surface area contributed by atoms with E-state index in [1.807, 2.05) is 39.0 Å². The molecule has 0 saturated carbocycles. The maximum atomic E-state index is 11.4. The van der Waals surface area contributed by atoms with E-state index in [0.29, 0.717) is 36.4 Å². The molecule has 4 rings (SSSR count). The van der Waals surface area contributed by atoms with Gasteiger partial charge in [0.05, 0.1) is 11.7 Å². The Kier molecular flexibility index (Phi) is 6.21. The fourth-order valence-electron chi connectivity index (χ4n) is 3.97. The number of carbonyl (C=O) groups excluding carboxylic acids is 1. The van der Waals surface area contributed by atoms with Crippen molar-refractivity contribution < 1.29 is 14.1 Å². The van der Waals surface area contributed by atoms with Gasteiger partial charge in [-0.3, -0.25) is 9.78 Å². The van der Waals surface area contributed by atoms with E-state index in [2.05, 4.69) is 39.3 Å². The molecule has 168 valence electrons. The molecule has 1 amide bonds. The van der Waals surface area contributed by atoms with Crippen LogP contribution in [0.3, 0.4) is 0 Å². The highest BCUT2D eigenvalue weighted by Gasteiger charge is 2.22. The number of hydrogen-bond donors (Lipinski definition) is 1. The van der Waals surface area contributed by atoms with Gasteiger partial charge in [0.25, 0.3) is 5.89 Å². The van der Waals surface area contributed by atoms with Gasteiger partial charge in [0.2, 0.25) is 11.7 Å². The lowest BCUT2D eigenvalue weighted by Gasteiger charge is -2.15. The van der Waals surface area contributed by atoms with E-state index in [4.69, 9.17) is 9.26 Å². The highest BCUT2D eigenvalue weighted by molar-refractivity contribution is 5.78. The van der Waals surface area contributed by atoms with Crippen LogP contribution in [0.25, 0.3) is 23.0 Å². The van der Waals surface area contributed by atoms with Gasteiger partial charge < -0.3 is 14.6 Å². The van der Waals surface area contributed by atoms with Gasteiger partial charge in [-0.05, 0) is 63.3 Å². The predicted octanol–water partition coefficient (Wildman–Crippen LogP) is 3.97. The van der Waals surface area contributed by atoms with Crippen molar-refractivity contribution in [3.05, 3.63) is 40.8 Å². The first kappa shape index (κ1) is 21.9. The Morgan fingerprint density at radius 1 is 1.16 bits per heavy atom. The van der Waals surface area contributed by atoms with Crippen LogP contribution in [0, 0.1) is 26.7 Å². The monoisotopic (exact) mass is 435 g/mol. The third-order valence-corrected chi connectivity index (χ3v) is 5.37. The van der Waals surface area contributed by atoms with Crippen molar-refractivity contribution in [2.24, 2.45) is 5.92 Å². The van der Waals surface area contributed by atoms with Gasteiger partial charge in [-0.2, -0.15) is 4.98 Å². The Balaban J connectivity index is 1.54. The molecule has 0 radical (unpaired) electrons. The number of amides is 1. The van der Waals surface area contributed by atoms with Gasteiger partial charge >= 0.3 is 0 Å². The molecule has 1 unspecified atom stereocenters. The van der Waals surface area contributed by atoms with Gasteiger partial charge in [-0.15, -0.1) is 0 Å². The summed E-state index contributed by atoms with van der Waals surface area (Å²) >= 11 is 0. The SMILES string of the molecule is Cc1cc(-c2nc(-c3cc(C)c(OCC4CCC(=O)N4)c(C)n3)no2)cc(CC(C)C)n1. The lowest BCUT2D eigenvalue weighted by atomic mass is 10.1. The molecule has 3 aromatic heterocycles. The summed E-state index contributed by atoms with van der Waals surface area (Å²) in [6, 6.07) is 5.90. The van der Waals surface area contributed by atoms with Crippen molar-refractivity contribution in [1.82, 2.24) is 25.4 Å². The van der Waals surface area contributed by atoms with Crippen molar-refractivity contribution in [1.29, 1.82) is 0 Å². The summed E-state index contributed by atoms with van der Waals surface area (Å²) < 4.78 is 11.5. The number of pyridine rings is 2. The normalized spacial score (nSPS) is 15.9. The van der Waals surface area contributed by atoms with Crippen LogP contribution in [0.15, 0.2) is 22.7 Å². The number of rotatable bonds is 7. The van der Waals surface area contributed by atoms with E-state index in [1.165, 1.54) is 0 Å². The molecule has 3 aromatic rings. The fourth-order valence-corrected chi connectivity index (χ4v) is 3.97. The minimum absolute atomic E-state index is 0.0464. The molecule has 0 aromatic carbocycles. The second kappa shape index (κ2) is 9.06. The maximum Gasteiger partial charge on any atom is 0.258 e. The highest BCUT2D eigenvalue weighted by atomic mass is 16.5. The maximum absolute atomic E-state index is 11.4. The first-order valence-electron chi connectivity index (χ1n) is 11.0. The highest BCUT2D eigenvalue weighted by Crippen LogP contribution is 2.28. The number of aryl methyl sites for hydroxylation is 3. The quantitative estimate of drug-likeness (QED) is 0.599. The Labute approximate surface area is 187 Å². The third kappa shape index (κ3) is 4.95. The van der Waals surface area contributed by atoms with E-state index in [-0.39, 0.29) is 11.9 Å². The van der Waals surface area contributed by atoms with Crippen molar-refractivity contribution in [2.75, 3.05) is 6.61 Å². The second-order valence-corrected chi connectivity index (χ2v) is 8.86. The number of carbonyl (C=O) groups is 1. The Morgan fingerprint density at radius 2 is 1.97 bits per heavy atom. The average Bonchev–Trinajstić information content (AvgIpc) is 3.35. The summed E-state index contributed by atoms with van der Waals surface area (Å²) in [4.78, 5) is 25.2. The van der Waals surface area contributed by atoms with Crippen LogP contribution in [0.1, 0.15) is 49.3 Å². The molecule has 1 atom stereocenters. The lowest BCUT2D eigenvalue weighted by Crippen LogP contribution is -2.31. The number of nitrogens with zero attached hydrogens (tertiary/aromatic N) is 4. The molecular weight excluding hydrogens is 406 g/mol. The van der Waals surface area contributed by atoms with Crippen LogP contribution in [0.4, 0.5) is 0 Å². The van der Waals surface area contributed by atoms with Crippen LogP contribution in [0.2, 0.25) is 0 Å². The topological polar surface area (TPSA) is 103 Å². The van der Waals surface area contributed by atoms with Crippen LogP contribution in [-0.2, 0) is 11.2 Å². The Morgan fingerprint density at radius 3 is 2.66 bits per heavy atom. The largest absolute Gasteiger partial charge is 0.489 e. The summed E-state index contributed by atoms with van der Waals surface area (Å²) in [5.74, 6) is 2.19.